The van der Waals surface area contributed by atoms with Crippen molar-refractivity contribution in [1.82, 2.24) is 19.5 Å². The second-order valence-electron chi connectivity index (χ2n) is 7.73. The van der Waals surface area contributed by atoms with Crippen LogP contribution < -0.4 is 11.3 Å². The summed E-state index contributed by atoms with van der Waals surface area (Å²) in [5.74, 6) is 0.727. The fraction of sp³-hybridized carbons (Fsp3) is 0.647. The Balaban J connectivity index is 2.01. The van der Waals surface area contributed by atoms with Gasteiger partial charge in [-0.15, -0.1) is 13.2 Å². The first-order valence-corrected chi connectivity index (χ1v) is 13.3. The maximum absolute atomic E-state index is 12.3. The van der Waals surface area contributed by atoms with Gasteiger partial charge in [0.1, 0.15) is 12.2 Å². The molecule has 0 saturated carbocycles. The highest BCUT2D eigenvalue weighted by Gasteiger charge is 2.45. The Morgan fingerprint density at radius 1 is 1.36 bits per heavy atom. The van der Waals surface area contributed by atoms with Crippen LogP contribution in [-0.4, -0.2) is 79.6 Å². The monoisotopic (exact) mass is 429 g/mol. The smallest absolute Gasteiger partial charge is 0.280 e. The summed E-state index contributed by atoms with van der Waals surface area (Å²) >= 11 is 1.44. The van der Waals surface area contributed by atoms with Gasteiger partial charge in [-0.1, -0.05) is 18.7 Å². The number of H-pyrrole nitrogens is 1. The van der Waals surface area contributed by atoms with Crippen LogP contribution in [0.1, 0.15) is 26.0 Å². The van der Waals surface area contributed by atoms with E-state index in [9.17, 15) is 15.0 Å². The van der Waals surface area contributed by atoms with Crippen LogP contribution in [0.2, 0.25) is 0 Å². The van der Waals surface area contributed by atoms with Gasteiger partial charge in [0, 0.05) is 5.75 Å². The predicted octanol–water partition coefficient (Wildman–Crippen LogP) is 0.922. The number of hydrogen-bond donors (Lipinski definition) is 4. The van der Waals surface area contributed by atoms with Gasteiger partial charge in [0.25, 0.3) is 5.56 Å². The Labute approximate surface area is 167 Å². The highest BCUT2D eigenvalue weighted by molar-refractivity contribution is 7.99. The Bertz CT molecular complexity index is 955. The van der Waals surface area contributed by atoms with Crippen molar-refractivity contribution in [3.63, 3.8) is 0 Å². The molecule has 0 spiro atoms. The summed E-state index contributed by atoms with van der Waals surface area (Å²) in [5, 5.41) is 21.7. The van der Waals surface area contributed by atoms with Crippen molar-refractivity contribution in [3.8, 4) is 0 Å². The van der Waals surface area contributed by atoms with Crippen molar-refractivity contribution in [1.29, 1.82) is 0 Å². The predicted molar refractivity (Wildman–Crippen MR) is 115 cm³/mol. The summed E-state index contributed by atoms with van der Waals surface area (Å²) in [7, 11) is 0. The van der Waals surface area contributed by atoms with E-state index in [1.54, 1.807) is 4.57 Å². The molecule has 11 heteroatoms. The molecule has 0 bridgehead atoms. The summed E-state index contributed by atoms with van der Waals surface area (Å²) in [5.41, 5.74) is 5.63. The zero-order valence-corrected chi connectivity index (χ0v) is 18.0. The molecule has 3 heterocycles. The van der Waals surface area contributed by atoms with Gasteiger partial charge in [0.15, 0.2) is 22.5 Å². The molecule has 2 aromatic rings. The van der Waals surface area contributed by atoms with Crippen molar-refractivity contribution in [2.45, 2.75) is 49.5 Å². The highest BCUT2D eigenvalue weighted by Crippen LogP contribution is 2.40. The number of nitrogens with zero attached hydrogens (tertiary/aromatic N) is 3. The van der Waals surface area contributed by atoms with Crippen molar-refractivity contribution in [2.24, 2.45) is 0 Å². The van der Waals surface area contributed by atoms with E-state index < -0.39 is 37.0 Å². The number of nitrogens with one attached hydrogen (secondary N) is 1. The van der Waals surface area contributed by atoms with E-state index in [4.69, 9.17) is 10.5 Å². The number of hydrogen-bond acceptors (Lipinski definition) is 8. The van der Waals surface area contributed by atoms with E-state index in [1.165, 1.54) is 11.8 Å². The Kier molecular flexibility index (Phi) is 6.26. The molecule has 0 aliphatic carbocycles. The molecule has 0 amide bonds. The van der Waals surface area contributed by atoms with Gasteiger partial charge in [0.05, 0.1) is 6.10 Å². The SMILES string of the molecule is C=P(C)(C)CC[C@H]1OC(n2c(SCCC)nc3c(=O)[nH]c(N)nc32)[C@H](O)[C@@H]1O. The van der Waals surface area contributed by atoms with E-state index >= 15 is 0 Å². The quantitative estimate of drug-likeness (QED) is 0.376. The maximum atomic E-state index is 12.3. The molecule has 0 radical (unpaired) electrons. The minimum absolute atomic E-state index is 0.0427. The molecule has 1 saturated heterocycles. The number of nitrogens with two attached hydrogens (primary N) is 1. The van der Waals surface area contributed by atoms with Crippen LogP contribution >= 0.6 is 18.6 Å². The van der Waals surface area contributed by atoms with Crippen LogP contribution in [0.4, 0.5) is 5.95 Å². The number of aliphatic hydroxyl groups excluding tert-OH is 2. The molecule has 3 rings (SSSR count). The number of ether oxygens (including phenoxy) is 1. The summed E-state index contributed by atoms with van der Waals surface area (Å²) in [6.45, 7) is 4.97. The topological polar surface area (TPSA) is 139 Å². The lowest BCUT2D eigenvalue weighted by Gasteiger charge is -2.19. The average molecular weight is 429 g/mol. The molecule has 156 valence electrons. The van der Waals surface area contributed by atoms with Crippen LogP contribution in [0, 0.1) is 0 Å². The van der Waals surface area contributed by atoms with E-state index in [-0.39, 0.29) is 17.1 Å². The summed E-state index contributed by atoms with van der Waals surface area (Å²) in [4.78, 5) is 23.3. The third-order valence-electron chi connectivity index (χ3n) is 4.58. The fourth-order valence-electron chi connectivity index (χ4n) is 3.16. The van der Waals surface area contributed by atoms with E-state index in [0.29, 0.717) is 11.6 Å². The first-order chi connectivity index (χ1) is 13.1. The molecule has 1 fully saturated rings. The number of anilines is 1. The minimum atomic E-state index is -1.29. The van der Waals surface area contributed by atoms with Crippen LogP contribution in [0.5, 0.6) is 0 Å². The zero-order chi connectivity index (χ0) is 20.6. The van der Waals surface area contributed by atoms with Crippen LogP contribution in [0.25, 0.3) is 11.2 Å². The van der Waals surface area contributed by atoms with Gasteiger partial charge < -0.3 is 20.7 Å². The number of aromatic amines is 1. The Morgan fingerprint density at radius 3 is 2.71 bits per heavy atom. The van der Waals surface area contributed by atoms with Crippen LogP contribution in [-0.2, 0) is 4.74 Å². The van der Waals surface area contributed by atoms with Gasteiger partial charge in [-0.3, -0.25) is 14.3 Å². The molecule has 5 N–H and O–H groups in total. The number of rotatable bonds is 7. The number of fused-ring (bicyclic) bond motifs is 1. The van der Waals surface area contributed by atoms with Gasteiger partial charge in [-0.2, -0.15) is 4.98 Å². The number of imidazole rings is 1. The molecule has 1 aliphatic rings. The molecule has 4 atom stereocenters. The number of aliphatic hydroxyl groups is 2. The van der Waals surface area contributed by atoms with Crippen LogP contribution in [0.3, 0.4) is 0 Å². The lowest BCUT2D eigenvalue weighted by molar-refractivity contribution is -0.0400. The average Bonchev–Trinajstić information content (AvgIpc) is 3.09. The molecule has 28 heavy (non-hydrogen) atoms. The molecule has 1 unspecified atom stereocenters. The van der Waals surface area contributed by atoms with Gasteiger partial charge in [-0.25, -0.2) is 4.98 Å². The summed E-state index contributed by atoms with van der Waals surface area (Å²) in [6.07, 6.45) is 2.88. The second kappa shape index (κ2) is 8.20. The molecular weight excluding hydrogens is 401 g/mol. The molecule has 9 nitrogen and oxygen atoms in total. The summed E-state index contributed by atoms with van der Waals surface area (Å²) < 4.78 is 7.62. The Hall–Kier alpha value is -1.32. The maximum Gasteiger partial charge on any atom is 0.280 e. The van der Waals surface area contributed by atoms with E-state index in [1.807, 2.05) is 6.92 Å². The van der Waals surface area contributed by atoms with Gasteiger partial charge in [-0.05, 0) is 32.3 Å². The van der Waals surface area contributed by atoms with Gasteiger partial charge in [0.2, 0.25) is 5.95 Å². The number of aromatic nitrogens is 4. The lowest BCUT2D eigenvalue weighted by atomic mass is 10.1. The minimum Gasteiger partial charge on any atom is -0.388 e. The van der Waals surface area contributed by atoms with E-state index in [2.05, 4.69) is 34.6 Å². The molecule has 0 aromatic carbocycles. The molecular formula is C17H28N5O4PS. The second-order valence-corrected chi connectivity index (χ2v) is 13.1. The van der Waals surface area contributed by atoms with Crippen molar-refractivity contribution in [3.05, 3.63) is 10.4 Å². The lowest BCUT2D eigenvalue weighted by Crippen LogP contribution is -2.32. The number of nitrogen functional groups attached to an aromatic ring is 1. The fourth-order valence-corrected chi connectivity index (χ4v) is 4.99. The summed E-state index contributed by atoms with van der Waals surface area (Å²) in [6, 6.07) is 0. The van der Waals surface area contributed by atoms with Crippen molar-refractivity contribution in [2.75, 3.05) is 31.0 Å². The number of thioether (sulfide) groups is 1. The van der Waals surface area contributed by atoms with Crippen molar-refractivity contribution < 1.29 is 14.9 Å². The third kappa shape index (κ3) is 4.31. The highest BCUT2D eigenvalue weighted by atomic mass is 32.2. The first kappa shape index (κ1) is 21.4. The standard InChI is InChI=1S/C17H28N5O4PS/c1-5-8-28-17-19-10-13(20-16(18)21-14(10)25)22(17)15-12(24)11(23)9(26-15)6-7-27(2,3)4/h9,11-12,15,23-24H,2,5-8H2,1,3-4H3,(H3,18,20,21,25)/t9-,11-,12-,15?/m1/s1. The molecule has 2 aromatic heterocycles. The van der Waals surface area contributed by atoms with Crippen LogP contribution in [0.15, 0.2) is 9.95 Å². The Morgan fingerprint density at radius 2 is 2.07 bits per heavy atom. The molecule has 1 aliphatic heterocycles. The zero-order valence-electron chi connectivity index (χ0n) is 16.3. The normalized spacial score (nSPS) is 25.6. The van der Waals surface area contributed by atoms with E-state index in [0.717, 1.165) is 18.3 Å². The van der Waals surface area contributed by atoms with Gasteiger partial charge >= 0.3 is 0 Å². The van der Waals surface area contributed by atoms with Crippen molar-refractivity contribution >= 4 is 42.1 Å². The third-order valence-corrected chi connectivity index (χ3v) is 7.21. The first-order valence-electron chi connectivity index (χ1n) is 9.22. The largest absolute Gasteiger partial charge is 0.388 e.